The molecule has 0 aliphatic heterocycles. The molecule has 66 valence electrons. The molecule has 0 radical (unpaired) electrons. The minimum Gasteiger partial charge on any atom is -0.384 e. The van der Waals surface area contributed by atoms with Crippen molar-refractivity contribution in [2.24, 2.45) is 5.73 Å². The van der Waals surface area contributed by atoms with Gasteiger partial charge in [0.25, 0.3) is 0 Å². The first-order chi connectivity index (χ1) is 5.11. The highest BCUT2D eigenvalue weighted by Gasteiger charge is 1.98. The third-order valence-corrected chi connectivity index (χ3v) is 1.89. The fourth-order valence-electron chi connectivity index (χ4n) is 0.760. The van der Waals surface area contributed by atoms with Gasteiger partial charge >= 0.3 is 0 Å². The molecule has 3 N–H and O–H groups in total. The highest BCUT2D eigenvalue weighted by Crippen LogP contribution is 2.15. The standard InChI is InChI=1S/C8H9ClN2.ClH/c1-5-2-3-6(8(10)11)4-7(5)9;/h2-4H,1H3,(H3,10,11);1H. The molecule has 0 heterocycles. The van der Waals surface area contributed by atoms with E-state index in [0.29, 0.717) is 10.6 Å². The van der Waals surface area contributed by atoms with E-state index < -0.39 is 0 Å². The molecule has 0 spiro atoms. The van der Waals surface area contributed by atoms with Gasteiger partial charge in [0.15, 0.2) is 0 Å². The molecular formula is C8H10Cl2N2. The lowest BCUT2D eigenvalue weighted by molar-refractivity contribution is 1.40. The molecule has 1 rings (SSSR count). The van der Waals surface area contributed by atoms with E-state index in [9.17, 15) is 0 Å². The molecule has 0 saturated carbocycles. The summed E-state index contributed by atoms with van der Waals surface area (Å²) in [6.07, 6.45) is 0. The summed E-state index contributed by atoms with van der Waals surface area (Å²) in [7, 11) is 0. The van der Waals surface area contributed by atoms with Gasteiger partial charge in [0.1, 0.15) is 5.84 Å². The molecule has 0 aliphatic rings. The quantitative estimate of drug-likeness (QED) is 0.536. The van der Waals surface area contributed by atoms with Crippen molar-refractivity contribution in [3.05, 3.63) is 34.3 Å². The number of nitrogens with two attached hydrogens (primary N) is 1. The van der Waals surface area contributed by atoms with Crippen molar-refractivity contribution in [2.75, 3.05) is 0 Å². The summed E-state index contributed by atoms with van der Waals surface area (Å²) < 4.78 is 0. The van der Waals surface area contributed by atoms with Crippen LogP contribution in [0, 0.1) is 12.3 Å². The highest BCUT2D eigenvalue weighted by atomic mass is 35.5. The molecule has 4 heteroatoms. The second-order valence-electron chi connectivity index (χ2n) is 2.38. The van der Waals surface area contributed by atoms with Crippen LogP contribution in [0.5, 0.6) is 0 Å². The van der Waals surface area contributed by atoms with Crippen LogP contribution < -0.4 is 5.73 Å². The van der Waals surface area contributed by atoms with E-state index >= 15 is 0 Å². The van der Waals surface area contributed by atoms with Gasteiger partial charge in [-0.25, -0.2) is 0 Å². The van der Waals surface area contributed by atoms with Gasteiger partial charge in [0.2, 0.25) is 0 Å². The summed E-state index contributed by atoms with van der Waals surface area (Å²) in [5.74, 6) is 0.0481. The molecule has 2 nitrogen and oxygen atoms in total. The largest absolute Gasteiger partial charge is 0.384 e. The van der Waals surface area contributed by atoms with Crippen molar-refractivity contribution < 1.29 is 0 Å². The Kier molecular flexibility index (Phi) is 4.07. The second kappa shape index (κ2) is 4.33. The summed E-state index contributed by atoms with van der Waals surface area (Å²) in [6, 6.07) is 5.32. The molecule has 0 atom stereocenters. The maximum absolute atomic E-state index is 7.12. The van der Waals surface area contributed by atoms with E-state index in [4.69, 9.17) is 22.7 Å². The fraction of sp³-hybridized carbons (Fsp3) is 0.125. The van der Waals surface area contributed by atoms with E-state index in [1.807, 2.05) is 13.0 Å². The predicted octanol–water partition coefficient (Wildman–Crippen LogP) is 2.35. The Morgan fingerprint density at radius 2 is 2.08 bits per heavy atom. The van der Waals surface area contributed by atoms with Crippen LogP contribution in [0.3, 0.4) is 0 Å². The van der Waals surface area contributed by atoms with E-state index in [1.54, 1.807) is 12.1 Å². The maximum Gasteiger partial charge on any atom is 0.122 e. The number of halogens is 2. The lowest BCUT2D eigenvalue weighted by Gasteiger charge is -2.00. The van der Waals surface area contributed by atoms with Crippen LogP contribution in [0.15, 0.2) is 18.2 Å². The minimum absolute atomic E-state index is 0. The molecule has 0 unspecified atom stereocenters. The Labute approximate surface area is 82.6 Å². The van der Waals surface area contributed by atoms with Crippen LogP contribution in [0.1, 0.15) is 11.1 Å². The van der Waals surface area contributed by atoms with Crippen LogP contribution >= 0.6 is 24.0 Å². The average molecular weight is 205 g/mol. The van der Waals surface area contributed by atoms with Gasteiger partial charge in [-0.1, -0.05) is 23.7 Å². The molecule has 0 aliphatic carbocycles. The molecule has 1 aromatic rings. The molecule has 12 heavy (non-hydrogen) atoms. The van der Waals surface area contributed by atoms with Gasteiger partial charge in [-0.15, -0.1) is 12.4 Å². The molecule has 0 amide bonds. The van der Waals surface area contributed by atoms with E-state index in [-0.39, 0.29) is 18.2 Å². The lowest BCUT2D eigenvalue weighted by Crippen LogP contribution is -2.10. The van der Waals surface area contributed by atoms with Gasteiger partial charge in [0.05, 0.1) is 0 Å². The fourth-order valence-corrected chi connectivity index (χ4v) is 0.941. The van der Waals surface area contributed by atoms with Crippen molar-refractivity contribution in [3.8, 4) is 0 Å². The Morgan fingerprint density at radius 1 is 1.50 bits per heavy atom. The summed E-state index contributed by atoms with van der Waals surface area (Å²) in [6.45, 7) is 1.91. The molecule has 0 fully saturated rings. The zero-order valence-electron chi connectivity index (χ0n) is 6.60. The molecule has 0 aromatic heterocycles. The van der Waals surface area contributed by atoms with Gasteiger partial charge in [0, 0.05) is 10.6 Å². The lowest BCUT2D eigenvalue weighted by atomic mass is 10.1. The van der Waals surface area contributed by atoms with Crippen molar-refractivity contribution in [2.45, 2.75) is 6.92 Å². The van der Waals surface area contributed by atoms with Crippen molar-refractivity contribution in [1.82, 2.24) is 0 Å². The van der Waals surface area contributed by atoms with E-state index in [2.05, 4.69) is 0 Å². The zero-order chi connectivity index (χ0) is 8.43. The zero-order valence-corrected chi connectivity index (χ0v) is 8.17. The van der Waals surface area contributed by atoms with E-state index in [1.165, 1.54) is 0 Å². The molecule has 1 aromatic carbocycles. The van der Waals surface area contributed by atoms with Crippen LogP contribution in [-0.2, 0) is 0 Å². The first kappa shape index (κ1) is 11.3. The number of nitrogens with one attached hydrogen (secondary N) is 1. The predicted molar refractivity (Wildman–Crippen MR) is 54.5 cm³/mol. The van der Waals surface area contributed by atoms with Gasteiger partial charge in [-0.05, 0) is 18.6 Å². The normalized spacial score (nSPS) is 8.83. The van der Waals surface area contributed by atoms with Crippen molar-refractivity contribution >= 4 is 29.8 Å². The summed E-state index contributed by atoms with van der Waals surface area (Å²) in [5, 5.41) is 7.77. The SMILES string of the molecule is Cc1ccc(C(=N)N)cc1Cl.Cl. The Balaban J connectivity index is 0.00000121. The molecular weight excluding hydrogens is 195 g/mol. The number of rotatable bonds is 1. The Morgan fingerprint density at radius 3 is 2.50 bits per heavy atom. The average Bonchev–Trinajstić information content (AvgIpc) is 1.94. The second-order valence-corrected chi connectivity index (χ2v) is 2.78. The van der Waals surface area contributed by atoms with Crippen molar-refractivity contribution in [3.63, 3.8) is 0 Å². The van der Waals surface area contributed by atoms with Crippen LogP contribution in [0.25, 0.3) is 0 Å². The minimum atomic E-state index is 0. The number of nitrogen functional groups attached to an aromatic ring is 1. The third-order valence-electron chi connectivity index (χ3n) is 1.48. The summed E-state index contributed by atoms with van der Waals surface area (Å²) >= 11 is 5.81. The number of hydrogen-bond donors (Lipinski definition) is 2. The maximum atomic E-state index is 7.12. The first-order valence-corrected chi connectivity index (χ1v) is 3.59. The van der Waals surface area contributed by atoms with Gasteiger partial charge < -0.3 is 5.73 Å². The number of benzene rings is 1. The van der Waals surface area contributed by atoms with Crippen LogP contribution in [0.4, 0.5) is 0 Å². The summed E-state index contributed by atoms with van der Waals surface area (Å²) in [4.78, 5) is 0. The number of hydrogen-bond acceptors (Lipinski definition) is 1. The monoisotopic (exact) mass is 204 g/mol. The highest BCUT2D eigenvalue weighted by molar-refractivity contribution is 6.31. The number of amidine groups is 1. The van der Waals surface area contributed by atoms with E-state index in [0.717, 1.165) is 5.56 Å². The third kappa shape index (κ3) is 2.40. The first-order valence-electron chi connectivity index (χ1n) is 3.22. The van der Waals surface area contributed by atoms with Gasteiger partial charge in [-0.3, -0.25) is 5.41 Å². The Bertz CT molecular complexity index is 297. The van der Waals surface area contributed by atoms with Gasteiger partial charge in [-0.2, -0.15) is 0 Å². The molecule has 0 saturated heterocycles. The molecule has 0 bridgehead atoms. The summed E-state index contributed by atoms with van der Waals surface area (Å²) in [5.41, 5.74) is 6.92. The smallest absolute Gasteiger partial charge is 0.122 e. The van der Waals surface area contributed by atoms with Crippen LogP contribution in [-0.4, -0.2) is 5.84 Å². The number of aryl methyl sites for hydroxylation is 1. The van der Waals surface area contributed by atoms with Crippen molar-refractivity contribution in [1.29, 1.82) is 5.41 Å². The van der Waals surface area contributed by atoms with Crippen LogP contribution in [0.2, 0.25) is 5.02 Å². The topological polar surface area (TPSA) is 49.9 Å². The Hall–Kier alpha value is -0.730.